The molecule has 1 aliphatic heterocycles. The minimum atomic E-state index is 0.0482. The number of halogens is 1. The van der Waals surface area contributed by atoms with Crippen molar-refractivity contribution >= 4 is 23.1 Å². The summed E-state index contributed by atoms with van der Waals surface area (Å²) in [4.78, 5) is 2.34. The van der Waals surface area contributed by atoms with Crippen LogP contribution in [0.2, 0.25) is 5.02 Å². The summed E-state index contributed by atoms with van der Waals surface area (Å²) >= 11 is 6.18. The first-order valence-corrected chi connectivity index (χ1v) is 6.88. The molecule has 18 heavy (non-hydrogen) atoms. The molecule has 0 aliphatic carbocycles. The average Bonchev–Trinajstić information content (AvgIpc) is 2.53. The molecule has 0 aromatic heterocycles. The maximum Gasteiger partial charge on any atom is 0.126 e. The molecule has 0 radical (unpaired) electrons. The first-order valence-electron chi connectivity index (χ1n) is 6.51. The monoisotopic (exact) mass is 265 g/mol. The second kappa shape index (κ2) is 5.61. The zero-order chi connectivity index (χ0) is 13.1. The Morgan fingerprint density at radius 3 is 2.89 bits per heavy atom. The van der Waals surface area contributed by atoms with E-state index in [0.717, 1.165) is 12.2 Å². The van der Waals surface area contributed by atoms with E-state index in [1.165, 1.54) is 25.7 Å². The van der Waals surface area contributed by atoms with Gasteiger partial charge in [-0.2, -0.15) is 0 Å². The van der Waals surface area contributed by atoms with Crippen LogP contribution in [0, 0.1) is 5.41 Å². The van der Waals surface area contributed by atoms with Crippen LogP contribution in [0.25, 0.3) is 0 Å². The van der Waals surface area contributed by atoms with Gasteiger partial charge in [-0.15, -0.1) is 0 Å². The van der Waals surface area contributed by atoms with Crippen molar-refractivity contribution in [2.24, 2.45) is 5.73 Å². The molecule has 1 fully saturated rings. The van der Waals surface area contributed by atoms with E-state index < -0.39 is 0 Å². The molecule has 0 bridgehead atoms. The number of nitrogens with zero attached hydrogens (tertiary/aromatic N) is 1. The lowest BCUT2D eigenvalue weighted by atomic mass is 10.1. The molecular formula is C14H20ClN3. The minimum Gasteiger partial charge on any atom is -0.384 e. The van der Waals surface area contributed by atoms with Crippen LogP contribution in [0.4, 0.5) is 5.69 Å². The summed E-state index contributed by atoms with van der Waals surface area (Å²) in [6.07, 6.45) is 4.92. The average molecular weight is 266 g/mol. The van der Waals surface area contributed by atoms with Gasteiger partial charge in [0.2, 0.25) is 0 Å². The molecular weight excluding hydrogens is 246 g/mol. The number of hydrogen-bond donors (Lipinski definition) is 2. The molecule has 1 aliphatic rings. The van der Waals surface area contributed by atoms with Gasteiger partial charge < -0.3 is 10.6 Å². The SMILES string of the molecule is CC1CCCCCN1c1cccc(Cl)c1C(=N)N. The summed E-state index contributed by atoms with van der Waals surface area (Å²) in [6, 6.07) is 6.22. The summed E-state index contributed by atoms with van der Waals surface area (Å²) in [5.74, 6) is 0.0482. The second-order valence-electron chi connectivity index (χ2n) is 4.94. The molecule has 2 rings (SSSR count). The van der Waals surface area contributed by atoms with Crippen molar-refractivity contribution in [2.45, 2.75) is 38.6 Å². The van der Waals surface area contributed by atoms with E-state index in [4.69, 9.17) is 22.7 Å². The highest BCUT2D eigenvalue weighted by molar-refractivity contribution is 6.34. The van der Waals surface area contributed by atoms with Crippen molar-refractivity contribution in [1.29, 1.82) is 5.41 Å². The summed E-state index contributed by atoms with van der Waals surface area (Å²) in [5, 5.41) is 8.29. The van der Waals surface area contributed by atoms with E-state index >= 15 is 0 Å². The number of nitrogen functional groups attached to an aromatic ring is 1. The van der Waals surface area contributed by atoms with Crippen molar-refractivity contribution in [3.8, 4) is 0 Å². The summed E-state index contributed by atoms with van der Waals surface area (Å²) < 4.78 is 0. The van der Waals surface area contributed by atoms with Gasteiger partial charge in [0.15, 0.2) is 0 Å². The molecule has 3 N–H and O–H groups in total. The highest BCUT2D eigenvalue weighted by Gasteiger charge is 2.21. The lowest BCUT2D eigenvalue weighted by Gasteiger charge is -2.31. The standard InChI is InChI=1S/C14H20ClN3/c1-10-6-3-2-4-9-18(10)12-8-5-7-11(15)13(12)14(16)17/h5,7-8,10H,2-4,6,9H2,1H3,(H3,16,17). The van der Waals surface area contributed by atoms with E-state index in [1.807, 2.05) is 12.1 Å². The summed E-state index contributed by atoms with van der Waals surface area (Å²) in [5.41, 5.74) is 7.36. The summed E-state index contributed by atoms with van der Waals surface area (Å²) in [7, 11) is 0. The number of anilines is 1. The van der Waals surface area contributed by atoms with Crippen LogP contribution in [0.15, 0.2) is 18.2 Å². The van der Waals surface area contributed by atoms with Crippen molar-refractivity contribution in [3.05, 3.63) is 28.8 Å². The van der Waals surface area contributed by atoms with E-state index in [9.17, 15) is 0 Å². The molecule has 98 valence electrons. The van der Waals surface area contributed by atoms with Gasteiger partial charge in [0.1, 0.15) is 5.84 Å². The number of hydrogen-bond acceptors (Lipinski definition) is 2. The zero-order valence-corrected chi connectivity index (χ0v) is 11.5. The molecule has 1 unspecified atom stereocenters. The largest absolute Gasteiger partial charge is 0.384 e. The number of rotatable bonds is 2. The Morgan fingerprint density at radius 1 is 1.39 bits per heavy atom. The van der Waals surface area contributed by atoms with E-state index in [0.29, 0.717) is 16.6 Å². The van der Waals surface area contributed by atoms with Gasteiger partial charge in [0.05, 0.1) is 10.6 Å². The Kier molecular flexibility index (Phi) is 4.12. The number of nitrogens with one attached hydrogen (secondary N) is 1. The fraction of sp³-hybridized carbons (Fsp3) is 0.500. The lowest BCUT2D eigenvalue weighted by Crippen LogP contribution is -2.34. The summed E-state index contributed by atoms with van der Waals surface area (Å²) in [6.45, 7) is 3.25. The first-order chi connectivity index (χ1) is 8.61. The molecule has 1 heterocycles. The molecule has 4 heteroatoms. The molecule has 0 spiro atoms. The Hall–Kier alpha value is -1.22. The highest BCUT2D eigenvalue weighted by atomic mass is 35.5. The number of nitrogens with two attached hydrogens (primary N) is 1. The van der Waals surface area contributed by atoms with E-state index in [1.54, 1.807) is 6.07 Å². The number of benzene rings is 1. The van der Waals surface area contributed by atoms with Crippen molar-refractivity contribution in [2.75, 3.05) is 11.4 Å². The Labute approximate surface area is 113 Å². The fourth-order valence-electron chi connectivity index (χ4n) is 2.65. The Bertz CT molecular complexity index is 445. The van der Waals surface area contributed by atoms with Gasteiger partial charge in [-0.25, -0.2) is 0 Å². The van der Waals surface area contributed by atoms with Gasteiger partial charge in [-0.05, 0) is 31.9 Å². The van der Waals surface area contributed by atoms with E-state index in [2.05, 4.69) is 11.8 Å². The third kappa shape index (κ3) is 2.61. The molecule has 0 saturated carbocycles. The Morgan fingerprint density at radius 2 is 2.17 bits per heavy atom. The topological polar surface area (TPSA) is 53.1 Å². The third-order valence-electron chi connectivity index (χ3n) is 3.62. The van der Waals surface area contributed by atoms with Crippen LogP contribution in [0.3, 0.4) is 0 Å². The predicted octanol–water partition coefficient (Wildman–Crippen LogP) is 3.39. The highest BCUT2D eigenvalue weighted by Crippen LogP contribution is 2.31. The predicted molar refractivity (Wildman–Crippen MR) is 77.7 cm³/mol. The van der Waals surface area contributed by atoms with Crippen molar-refractivity contribution < 1.29 is 0 Å². The lowest BCUT2D eigenvalue weighted by molar-refractivity contribution is 0.616. The van der Waals surface area contributed by atoms with Gasteiger partial charge in [-0.3, -0.25) is 5.41 Å². The van der Waals surface area contributed by atoms with Crippen LogP contribution in [0.1, 0.15) is 38.2 Å². The van der Waals surface area contributed by atoms with Crippen molar-refractivity contribution in [1.82, 2.24) is 0 Å². The third-order valence-corrected chi connectivity index (χ3v) is 3.94. The molecule has 1 aromatic carbocycles. The number of amidine groups is 1. The second-order valence-corrected chi connectivity index (χ2v) is 5.35. The molecule has 1 saturated heterocycles. The van der Waals surface area contributed by atoms with Crippen LogP contribution in [-0.4, -0.2) is 18.4 Å². The first kappa shape index (κ1) is 13.2. The smallest absolute Gasteiger partial charge is 0.126 e. The molecule has 1 atom stereocenters. The van der Waals surface area contributed by atoms with Crippen LogP contribution < -0.4 is 10.6 Å². The molecule has 0 amide bonds. The zero-order valence-electron chi connectivity index (χ0n) is 10.7. The normalized spacial score (nSPS) is 20.6. The van der Waals surface area contributed by atoms with E-state index in [-0.39, 0.29) is 5.84 Å². The fourth-order valence-corrected chi connectivity index (χ4v) is 2.92. The van der Waals surface area contributed by atoms with Crippen molar-refractivity contribution in [3.63, 3.8) is 0 Å². The maximum absolute atomic E-state index is 7.72. The van der Waals surface area contributed by atoms with Crippen LogP contribution >= 0.6 is 11.6 Å². The Balaban J connectivity index is 2.42. The maximum atomic E-state index is 7.72. The van der Waals surface area contributed by atoms with Crippen LogP contribution in [0.5, 0.6) is 0 Å². The van der Waals surface area contributed by atoms with Gasteiger partial charge in [0.25, 0.3) is 0 Å². The van der Waals surface area contributed by atoms with Gasteiger partial charge >= 0.3 is 0 Å². The molecule has 3 nitrogen and oxygen atoms in total. The van der Waals surface area contributed by atoms with Gasteiger partial charge in [-0.1, -0.05) is 30.5 Å². The minimum absolute atomic E-state index is 0.0482. The van der Waals surface area contributed by atoms with Crippen LogP contribution in [-0.2, 0) is 0 Å². The van der Waals surface area contributed by atoms with Gasteiger partial charge in [0, 0.05) is 18.3 Å². The quantitative estimate of drug-likeness (QED) is 0.636. The molecule has 1 aromatic rings.